The van der Waals surface area contributed by atoms with Gasteiger partial charge < -0.3 is 5.32 Å². The molecule has 0 unspecified atom stereocenters. The van der Waals surface area contributed by atoms with Crippen LogP contribution < -0.4 is 5.32 Å². The number of unbranched alkanes of at least 4 members (excludes halogenated alkanes) is 1. The molecular weight excluding hydrogens is 227 g/mol. The van der Waals surface area contributed by atoms with Gasteiger partial charge in [-0.1, -0.05) is 13.8 Å². The summed E-state index contributed by atoms with van der Waals surface area (Å²) < 4.78 is 39.2. The maximum absolute atomic E-state index is 13.3. The van der Waals surface area contributed by atoms with Crippen molar-refractivity contribution in [2.45, 2.75) is 39.2 Å². The van der Waals surface area contributed by atoms with Gasteiger partial charge in [-0.25, -0.2) is 13.2 Å². The molecule has 0 radical (unpaired) electrons. The third-order valence-electron chi connectivity index (χ3n) is 2.51. The van der Waals surface area contributed by atoms with Gasteiger partial charge in [-0.2, -0.15) is 0 Å². The summed E-state index contributed by atoms with van der Waals surface area (Å²) in [5.74, 6) is -2.45. The number of hydrogen-bond acceptors (Lipinski definition) is 1. The van der Waals surface area contributed by atoms with Crippen LogP contribution in [0.5, 0.6) is 0 Å². The molecule has 1 nitrogen and oxygen atoms in total. The van der Waals surface area contributed by atoms with Crippen molar-refractivity contribution < 1.29 is 13.2 Å². The summed E-state index contributed by atoms with van der Waals surface area (Å²) in [6.45, 7) is 4.90. The lowest BCUT2D eigenvalue weighted by Crippen LogP contribution is -2.23. The van der Waals surface area contributed by atoms with Crippen molar-refractivity contribution in [2.75, 3.05) is 6.54 Å². The minimum Gasteiger partial charge on any atom is -0.315 e. The van der Waals surface area contributed by atoms with Gasteiger partial charge in [0.05, 0.1) is 0 Å². The number of benzene rings is 1. The average molecular weight is 245 g/mol. The fraction of sp³-hybridized carbons (Fsp3) is 0.538. The summed E-state index contributed by atoms with van der Waals surface area (Å²) in [7, 11) is 0. The first-order valence-corrected chi connectivity index (χ1v) is 5.87. The first-order chi connectivity index (χ1) is 8.00. The van der Waals surface area contributed by atoms with Crippen LogP contribution in [-0.2, 0) is 6.42 Å². The Morgan fingerprint density at radius 2 is 1.65 bits per heavy atom. The van der Waals surface area contributed by atoms with E-state index in [-0.39, 0.29) is 5.56 Å². The second-order valence-electron chi connectivity index (χ2n) is 4.41. The minimum atomic E-state index is -0.870. The van der Waals surface area contributed by atoms with Crippen LogP contribution in [0.4, 0.5) is 13.2 Å². The van der Waals surface area contributed by atoms with Gasteiger partial charge >= 0.3 is 0 Å². The molecule has 0 aliphatic carbocycles. The predicted molar refractivity (Wildman–Crippen MR) is 62.4 cm³/mol. The van der Waals surface area contributed by atoms with Crippen molar-refractivity contribution in [2.24, 2.45) is 0 Å². The van der Waals surface area contributed by atoms with Crippen LogP contribution in [0.15, 0.2) is 12.1 Å². The van der Waals surface area contributed by atoms with Gasteiger partial charge in [-0.05, 0) is 25.8 Å². The summed E-state index contributed by atoms with van der Waals surface area (Å²) >= 11 is 0. The maximum Gasteiger partial charge on any atom is 0.132 e. The molecule has 1 aromatic rings. The zero-order chi connectivity index (χ0) is 12.8. The van der Waals surface area contributed by atoms with E-state index in [9.17, 15) is 13.2 Å². The van der Waals surface area contributed by atoms with Gasteiger partial charge in [0, 0.05) is 23.7 Å². The van der Waals surface area contributed by atoms with Crippen molar-refractivity contribution in [3.05, 3.63) is 35.1 Å². The van der Waals surface area contributed by atoms with E-state index in [0.29, 0.717) is 18.9 Å². The van der Waals surface area contributed by atoms with Crippen LogP contribution in [0.2, 0.25) is 0 Å². The standard InChI is InChI=1S/C13H18F3N/c1-9(2)17-6-4-3-5-11-12(15)7-10(14)8-13(11)16/h7-9,17H,3-6H2,1-2H3. The highest BCUT2D eigenvalue weighted by molar-refractivity contribution is 5.20. The Labute approximate surface area is 100 Å². The van der Waals surface area contributed by atoms with E-state index in [1.807, 2.05) is 13.8 Å². The Morgan fingerprint density at radius 1 is 1.06 bits per heavy atom. The molecule has 0 bridgehead atoms. The normalized spacial score (nSPS) is 11.2. The number of hydrogen-bond donors (Lipinski definition) is 1. The topological polar surface area (TPSA) is 12.0 Å². The van der Waals surface area contributed by atoms with Gasteiger partial charge in [0.1, 0.15) is 17.5 Å². The Hall–Kier alpha value is -1.03. The quantitative estimate of drug-likeness (QED) is 0.757. The molecule has 0 heterocycles. The minimum absolute atomic E-state index is 0.0176. The van der Waals surface area contributed by atoms with Gasteiger partial charge in [0.15, 0.2) is 0 Å². The van der Waals surface area contributed by atoms with E-state index < -0.39 is 17.5 Å². The molecule has 1 aromatic carbocycles. The molecule has 0 amide bonds. The van der Waals surface area contributed by atoms with Gasteiger partial charge in [0.2, 0.25) is 0 Å². The monoisotopic (exact) mass is 245 g/mol. The van der Waals surface area contributed by atoms with Crippen LogP contribution in [0.25, 0.3) is 0 Å². The van der Waals surface area contributed by atoms with Crippen LogP contribution >= 0.6 is 0 Å². The van der Waals surface area contributed by atoms with Crippen LogP contribution in [0.3, 0.4) is 0 Å². The molecule has 17 heavy (non-hydrogen) atoms. The lowest BCUT2D eigenvalue weighted by molar-refractivity contribution is 0.510. The summed E-state index contributed by atoms with van der Waals surface area (Å²) in [6, 6.07) is 1.87. The lowest BCUT2D eigenvalue weighted by Gasteiger charge is -2.08. The molecule has 1 N–H and O–H groups in total. The molecule has 1 rings (SSSR count). The molecule has 4 heteroatoms. The fourth-order valence-electron chi connectivity index (χ4n) is 1.63. The summed E-state index contributed by atoms with van der Waals surface area (Å²) in [6.07, 6.45) is 1.82. The molecule has 0 atom stereocenters. The molecule has 0 saturated heterocycles. The third-order valence-corrected chi connectivity index (χ3v) is 2.51. The zero-order valence-corrected chi connectivity index (χ0v) is 10.2. The number of halogens is 3. The van der Waals surface area contributed by atoms with E-state index in [2.05, 4.69) is 5.32 Å². The van der Waals surface area contributed by atoms with Crippen LogP contribution in [-0.4, -0.2) is 12.6 Å². The molecular formula is C13H18F3N. The van der Waals surface area contributed by atoms with Crippen LogP contribution in [0, 0.1) is 17.5 Å². The highest BCUT2D eigenvalue weighted by Gasteiger charge is 2.10. The average Bonchev–Trinajstić information content (AvgIpc) is 2.20. The van der Waals surface area contributed by atoms with Gasteiger partial charge in [-0.3, -0.25) is 0 Å². The first-order valence-electron chi connectivity index (χ1n) is 5.87. The van der Waals surface area contributed by atoms with Crippen molar-refractivity contribution >= 4 is 0 Å². The highest BCUT2D eigenvalue weighted by atomic mass is 19.1. The molecule has 0 aliphatic heterocycles. The highest BCUT2D eigenvalue weighted by Crippen LogP contribution is 2.16. The first kappa shape index (κ1) is 14.0. The fourth-order valence-corrected chi connectivity index (χ4v) is 1.63. The molecule has 0 aromatic heterocycles. The van der Waals surface area contributed by atoms with E-state index in [0.717, 1.165) is 25.1 Å². The Kier molecular flexibility index (Phi) is 5.48. The Balaban J connectivity index is 2.42. The Bertz CT molecular complexity index is 341. The van der Waals surface area contributed by atoms with E-state index in [1.165, 1.54) is 0 Å². The maximum atomic E-state index is 13.3. The molecule has 0 fully saturated rings. The smallest absolute Gasteiger partial charge is 0.132 e. The summed E-state index contributed by atoms with van der Waals surface area (Å²) in [4.78, 5) is 0. The molecule has 0 spiro atoms. The molecule has 0 aliphatic rings. The van der Waals surface area contributed by atoms with Crippen molar-refractivity contribution in [3.8, 4) is 0 Å². The third kappa shape index (κ3) is 4.77. The second-order valence-corrected chi connectivity index (χ2v) is 4.41. The predicted octanol–water partition coefficient (Wildman–Crippen LogP) is 3.42. The lowest BCUT2D eigenvalue weighted by atomic mass is 10.1. The zero-order valence-electron chi connectivity index (χ0n) is 10.2. The van der Waals surface area contributed by atoms with Crippen LogP contribution in [0.1, 0.15) is 32.3 Å². The number of nitrogens with one attached hydrogen (secondary N) is 1. The van der Waals surface area contributed by atoms with E-state index >= 15 is 0 Å². The second kappa shape index (κ2) is 6.64. The summed E-state index contributed by atoms with van der Waals surface area (Å²) in [5, 5.41) is 3.22. The van der Waals surface area contributed by atoms with Gasteiger partial charge in [0.25, 0.3) is 0 Å². The largest absolute Gasteiger partial charge is 0.315 e. The molecule has 96 valence electrons. The SMILES string of the molecule is CC(C)NCCCCc1c(F)cc(F)cc1F. The van der Waals surface area contributed by atoms with Crippen molar-refractivity contribution in [3.63, 3.8) is 0 Å². The Morgan fingerprint density at radius 3 is 2.18 bits per heavy atom. The summed E-state index contributed by atoms with van der Waals surface area (Å²) in [5.41, 5.74) is -0.0176. The van der Waals surface area contributed by atoms with E-state index in [4.69, 9.17) is 0 Å². The van der Waals surface area contributed by atoms with E-state index in [1.54, 1.807) is 0 Å². The van der Waals surface area contributed by atoms with Crippen molar-refractivity contribution in [1.82, 2.24) is 5.32 Å². The van der Waals surface area contributed by atoms with Gasteiger partial charge in [-0.15, -0.1) is 0 Å². The van der Waals surface area contributed by atoms with Crippen molar-refractivity contribution in [1.29, 1.82) is 0 Å². The number of rotatable bonds is 6. The molecule has 0 saturated carbocycles.